The predicted octanol–water partition coefficient (Wildman–Crippen LogP) is 2.54. The molecule has 1 aliphatic heterocycles. The number of aromatic nitrogens is 2. The Hall–Kier alpha value is -2.26. The molecule has 1 aromatic heterocycles. The van der Waals surface area contributed by atoms with Gasteiger partial charge in [-0.05, 0) is 50.8 Å². The number of benzene rings is 1. The van der Waals surface area contributed by atoms with E-state index in [0.29, 0.717) is 32.4 Å². The molecule has 1 amide bonds. The van der Waals surface area contributed by atoms with E-state index in [2.05, 4.69) is 10.4 Å². The second-order valence-electron chi connectivity index (χ2n) is 7.61. The maximum absolute atomic E-state index is 13.4. The van der Waals surface area contributed by atoms with E-state index in [1.807, 2.05) is 20.9 Å². The Morgan fingerprint density at radius 1 is 1.34 bits per heavy atom. The number of sulfonamides is 1. The number of aryl methyl sites for hydroxylation is 1. The van der Waals surface area contributed by atoms with E-state index in [-0.39, 0.29) is 22.8 Å². The molecule has 1 saturated heterocycles. The van der Waals surface area contributed by atoms with Gasteiger partial charge in [0.25, 0.3) is 0 Å². The van der Waals surface area contributed by atoms with Gasteiger partial charge in [0, 0.05) is 37.8 Å². The van der Waals surface area contributed by atoms with Gasteiger partial charge in [0.2, 0.25) is 15.9 Å². The molecule has 3 rings (SSSR count). The van der Waals surface area contributed by atoms with Crippen LogP contribution in [0.3, 0.4) is 0 Å². The van der Waals surface area contributed by atoms with Crippen molar-refractivity contribution in [3.8, 4) is 0 Å². The first-order chi connectivity index (χ1) is 13.7. The Morgan fingerprint density at radius 2 is 2.03 bits per heavy atom. The number of rotatable bonds is 6. The predicted molar refractivity (Wildman–Crippen MR) is 107 cm³/mol. The first-order valence-corrected chi connectivity index (χ1v) is 11.2. The summed E-state index contributed by atoms with van der Waals surface area (Å²) in [6, 6.07) is 4.92. The molecule has 1 atom stereocenters. The van der Waals surface area contributed by atoms with Crippen molar-refractivity contribution in [2.24, 2.45) is 13.0 Å². The lowest BCUT2D eigenvalue weighted by Crippen LogP contribution is -2.39. The molecule has 0 aliphatic carbocycles. The first kappa shape index (κ1) is 21.4. The van der Waals surface area contributed by atoms with E-state index in [1.165, 1.54) is 22.5 Å². The van der Waals surface area contributed by atoms with Gasteiger partial charge in [-0.25, -0.2) is 12.8 Å². The van der Waals surface area contributed by atoms with Crippen molar-refractivity contribution < 1.29 is 17.6 Å². The van der Waals surface area contributed by atoms with Crippen molar-refractivity contribution in [1.82, 2.24) is 19.4 Å². The Bertz CT molecular complexity index is 981. The van der Waals surface area contributed by atoms with Crippen LogP contribution in [-0.4, -0.2) is 41.5 Å². The van der Waals surface area contributed by atoms with E-state index in [1.54, 1.807) is 10.9 Å². The summed E-state index contributed by atoms with van der Waals surface area (Å²) < 4.78 is 41.9. The number of amides is 1. The van der Waals surface area contributed by atoms with Crippen molar-refractivity contribution in [2.75, 3.05) is 13.1 Å². The Morgan fingerprint density at radius 3 is 2.62 bits per heavy atom. The lowest BCUT2D eigenvalue weighted by molar-refractivity contribution is -0.122. The van der Waals surface area contributed by atoms with E-state index in [9.17, 15) is 17.6 Å². The fourth-order valence-corrected chi connectivity index (χ4v) is 5.21. The molecule has 7 nitrogen and oxygen atoms in total. The number of halogens is 1. The first-order valence-electron chi connectivity index (χ1n) is 9.72. The van der Waals surface area contributed by atoms with Gasteiger partial charge in [0.1, 0.15) is 5.82 Å². The lowest BCUT2D eigenvalue weighted by atomic mass is 9.94. The number of nitrogens with zero attached hydrogens (tertiary/aromatic N) is 3. The molecule has 1 aliphatic rings. The quantitative estimate of drug-likeness (QED) is 0.775. The smallest absolute Gasteiger partial charge is 0.243 e. The maximum atomic E-state index is 13.4. The van der Waals surface area contributed by atoms with Crippen LogP contribution in [0.5, 0.6) is 0 Å². The molecule has 0 radical (unpaired) electrons. The standard InChI is InChI=1S/C20H27FN4O3S/c1-14(19-13-22-24(3)15(19)2)23-20(26)11-16-7-9-25(10-8-16)29(27,28)18-6-4-5-17(21)12-18/h4-6,12-14,16H,7-11H2,1-3H3,(H,23,26). The monoisotopic (exact) mass is 422 g/mol. The van der Waals surface area contributed by atoms with Crippen LogP contribution in [0.15, 0.2) is 35.4 Å². The lowest BCUT2D eigenvalue weighted by Gasteiger charge is -2.31. The van der Waals surface area contributed by atoms with Crippen LogP contribution in [-0.2, 0) is 21.9 Å². The van der Waals surface area contributed by atoms with Crippen LogP contribution in [0.2, 0.25) is 0 Å². The zero-order valence-corrected chi connectivity index (χ0v) is 17.7. The number of carbonyl (C=O) groups excluding carboxylic acids is 1. The molecule has 2 heterocycles. The Balaban J connectivity index is 1.53. The summed E-state index contributed by atoms with van der Waals surface area (Å²) in [5.74, 6) is -0.501. The average molecular weight is 423 g/mol. The highest BCUT2D eigenvalue weighted by atomic mass is 32.2. The number of hydrogen-bond donors (Lipinski definition) is 1. The fraction of sp³-hybridized carbons (Fsp3) is 0.500. The fourth-order valence-electron chi connectivity index (χ4n) is 3.71. The molecule has 2 aromatic rings. The second kappa shape index (κ2) is 8.62. The molecule has 1 fully saturated rings. The zero-order valence-electron chi connectivity index (χ0n) is 16.9. The summed E-state index contributed by atoms with van der Waals surface area (Å²) >= 11 is 0. The van der Waals surface area contributed by atoms with Crippen LogP contribution in [0.1, 0.15) is 43.5 Å². The minimum absolute atomic E-state index is 0.0330. The minimum Gasteiger partial charge on any atom is -0.349 e. The van der Waals surface area contributed by atoms with Crippen molar-refractivity contribution >= 4 is 15.9 Å². The van der Waals surface area contributed by atoms with Crippen LogP contribution < -0.4 is 5.32 Å². The van der Waals surface area contributed by atoms with Gasteiger partial charge in [0.15, 0.2) is 0 Å². The summed E-state index contributed by atoms with van der Waals surface area (Å²) in [7, 11) is -1.85. The molecular weight excluding hydrogens is 395 g/mol. The summed E-state index contributed by atoms with van der Waals surface area (Å²) in [6.07, 6.45) is 3.32. The van der Waals surface area contributed by atoms with Crippen LogP contribution in [0, 0.1) is 18.7 Å². The number of carbonyl (C=O) groups is 1. The molecule has 29 heavy (non-hydrogen) atoms. The summed E-state index contributed by atoms with van der Waals surface area (Å²) in [5, 5.41) is 7.21. The molecule has 1 N–H and O–H groups in total. The molecule has 1 aromatic carbocycles. The number of hydrogen-bond acceptors (Lipinski definition) is 4. The highest BCUT2D eigenvalue weighted by Crippen LogP contribution is 2.26. The van der Waals surface area contributed by atoms with Gasteiger partial charge in [-0.15, -0.1) is 0 Å². The van der Waals surface area contributed by atoms with Gasteiger partial charge >= 0.3 is 0 Å². The third-order valence-corrected chi connectivity index (χ3v) is 7.49. The highest BCUT2D eigenvalue weighted by Gasteiger charge is 2.30. The normalized spacial score (nSPS) is 17.2. The summed E-state index contributed by atoms with van der Waals surface area (Å²) in [4.78, 5) is 12.4. The summed E-state index contributed by atoms with van der Waals surface area (Å²) in [5.41, 5.74) is 1.99. The Labute approximate surface area is 171 Å². The van der Waals surface area contributed by atoms with Crippen LogP contribution in [0.4, 0.5) is 4.39 Å². The van der Waals surface area contributed by atoms with Gasteiger partial charge in [-0.1, -0.05) is 6.07 Å². The van der Waals surface area contributed by atoms with Crippen molar-refractivity contribution in [1.29, 1.82) is 0 Å². The number of nitrogens with one attached hydrogen (secondary N) is 1. The van der Waals surface area contributed by atoms with E-state index in [0.717, 1.165) is 17.3 Å². The van der Waals surface area contributed by atoms with Crippen molar-refractivity contribution in [3.05, 3.63) is 47.5 Å². The number of piperidine rings is 1. The van der Waals surface area contributed by atoms with Crippen LogP contribution >= 0.6 is 0 Å². The Kier molecular flexibility index (Phi) is 6.38. The van der Waals surface area contributed by atoms with Gasteiger partial charge in [-0.3, -0.25) is 9.48 Å². The topological polar surface area (TPSA) is 84.3 Å². The SMILES string of the molecule is Cc1c(C(C)NC(=O)CC2CCN(S(=O)(=O)c3cccc(F)c3)CC2)cnn1C. The van der Waals surface area contributed by atoms with E-state index < -0.39 is 15.8 Å². The third-order valence-electron chi connectivity index (χ3n) is 5.60. The van der Waals surface area contributed by atoms with Crippen LogP contribution in [0.25, 0.3) is 0 Å². The van der Waals surface area contributed by atoms with Gasteiger partial charge < -0.3 is 5.32 Å². The zero-order chi connectivity index (χ0) is 21.2. The molecule has 158 valence electrons. The minimum atomic E-state index is -3.71. The second-order valence-corrected chi connectivity index (χ2v) is 9.55. The molecule has 0 saturated carbocycles. The van der Waals surface area contributed by atoms with Crippen molar-refractivity contribution in [3.63, 3.8) is 0 Å². The average Bonchev–Trinajstić information content (AvgIpc) is 3.01. The largest absolute Gasteiger partial charge is 0.349 e. The molecule has 1 unspecified atom stereocenters. The van der Waals surface area contributed by atoms with E-state index in [4.69, 9.17) is 0 Å². The highest BCUT2D eigenvalue weighted by molar-refractivity contribution is 7.89. The molecular formula is C20H27FN4O3S. The molecule has 0 spiro atoms. The molecule has 0 bridgehead atoms. The van der Waals surface area contributed by atoms with Gasteiger partial charge in [-0.2, -0.15) is 9.40 Å². The maximum Gasteiger partial charge on any atom is 0.243 e. The van der Waals surface area contributed by atoms with Crippen molar-refractivity contribution in [2.45, 2.75) is 44.0 Å². The summed E-state index contributed by atoms with van der Waals surface area (Å²) in [6.45, 7) is 4.54. The molecule has 9 heteroatoms. The van der Waals surface area contributed by atoms with E-state index >= 15 is 0 Å². The third kappa shape index (κ3) is 4.84. The van der Waals surface area contributed by atoms with Gasteiger partial charge in [0.05, 0.1) is 17.1 Å².